The number of aromatic nitrogens is 2. The fourth-order valence-corrected chi connectivity index (χ4v) is 1.64. The third kappa shape index (κ3) is 3.50. The molecule has 0 saturated carbocycles. The zero-order valence-corrected chi connectivity index (χ0v) is 10.7. The van der Waals surface area contributed by atoms with Crippen molar-refractivity contribution >= 4 is 11.6 Å². The highest BCUT2D eigenvalue weighted by atomic mass is 35.5. The van der Waals surface area contributed by atoms with Crippen LogP contribution < -0.4 is 5.32 Å². The Morgan fingerprint density at radius 2 is 2.07 bits per heavy atom. The van der Waals surface area contributed by atoms with Crippen LogP contribution in [0.2, 0.25) is 5.02 Å². The van der Waals surface area contributed by atoms with Crippen molar-refractivity contribution in [1.82, 2.24) is 15.1 Å². The van der Waals surface area contributed by atoms with E-state index in [9.17, 15) is 0 Å². The van der Waals surface area contributed by atoms with Gasteiger partial charge < -0.3 is 5.32 Å². The quantitative estimate of drug-likeness (QED) is 0.842. The Morgan fingerprint density at radius 1 is 1.40 bits per heavy atom. The summed E-state index contributed by atoms with van der Waals surface area (Å²) in [5.41, 5.74) is 1.04. The SMILES string of the molecule is Cc1c(Cl)cnn1C(C)CNCC(C)C. The predicted molar refractivity (Wildman–Crippen MR) is 64.4 cm³/mol. The van der Waals surface area contributed by atoms with E-state index in [1.165, 1.54) is 0 Å². The molecule has 0 aliphatic rings. The molecule has 1 aromatic heterocycles. The first-order valence-electron chi connectivity index (χ1n) is 5.42. The molecule has 86 valence electrons. The van der Waals surface area contributed by atoms with Crippen LogP contribution in [-0.4, -0.2) is 22.9 Å². The second-order valence-electron chi connectivity index (χ2n) is 4.42. The van der Waals surface area contributed by atoms with Gasteiger partial charge in [-0.1, -0.05) is 25.4 Å². The van der Waals surface area contributed by atoms with E-state index in [-0.39, 0.29) is 0 Å². The Balaban J connectivity index is 2.47. The van der Waals surface area contributed by atoms with Crippen LogP contribution in [0, 0.1) is 12.8 Å². The second-order valence-corrected chi connectivity index (χ2v) is 4.83. The molecule has 1 aromatic rings. The summed E-state index contributed by atoms with van der Waals surface area (Å²) >= 11 is 5.95. The molecule has 0 spiro atoms. The molecule has 1 atom stereocenters. The standard InChI is InChI=1S/C11H20ClN3/c1-8(2)5-13-6-9(3)15-10(4)11(12)7-14-15/h7-9,13H,5-6H2,1-4H3. The summed E-state index contributed by atoms with van der Waals surface area (Å²) in [7, 11) is 0. The molecule has 3 nitrogen and oxygen atoms in total. The van der Waals surface area contributed by atoms with Gasteiger partial charge in [-0.2, -0.15) is 5.10 Å². The third-order valence-electron chi connectivity index (χ3n) is 2.39. The maximum atomic E-state index is 5.95. The molecule has 4 heteroatoms. The summed E-state index contributed by atoms with van der Waals surface area (Å²) in [6, 6.07) is 0.344. The molecule has 1 rings (SSSR count). The van der Waals surface area contributed by atoms with E-state index in [0.29, 0.717) is 12.0 Å². The van der Waals surface area contributed by atoms with Crippen molar-refractivity contribution in [2.45, 2.75) is 33.7 Å². The summed E-state index contributed by atoms with van der Waals surface area (Å²) in [5, 5.41) is 8.41. The highest BCUT2D eigenvalue weighted by Crippen LogP contribution is 2.17. The van der Waals surface area contributed by atoms with E-state index in [1.807, 2.05) is 11.6 Å². The van der Waals surface area contributed by atoms with Crippen LogP contribution in [0.25, 0.3) is 0 Å². The van der Waals surface area contributed by atoms with Crippen molar-refractivity contribution in [1.29, 1.82) is 0 Å². The fraction of sp³-hybridized carbons (Fsp3) is 0.727. The fourth-order valence-electron chi connectivity index (χ4n) is 1.51. The number of hydrogen-bond donors (Lipinski definition) is 1. The summed E-state index contributed by atoms with van der Waals surface area (Å²) in [5.74, 6) is 0.680. The van der Waals surface area contributed by atoms with Crippen LogP contribution in [-0.2, 0) is 0 Å². The minimum atomic E-state index is 0.344. The normalized spacial score (nSPS) is 13.5. The number of hydrogen-bond acceptors (Lipinski definition) is 2. The molecule has 1 heterocycles. The summed E-state index contributed by atoms with van der Waals surface area (Å²) in [6.07, 6.45) is 1.70. The summed E-state index contributed by atoms with van der Waals surface area (Å²) in [4.78, 5) is 0. The molecule has 1 unspecified atom stereocenters. The first-order valence-corrected chi connectivity index (χ1v) is 5.80. The zero-order chi connectivity index (χ0) is 11.4. The molecule has 15 heavy (non-hydrogen) atoms. The topological polar surface area (TPSA) is 29.9 Å². The van der Waals surface area contributed by atoms with E-state index in [4.69, 9.17) is 11.6 Å². The molecule has 0 aromatic carbocycles. The van der Waals surface area contributed by atoms with Gasteiger partial charge in [-0.25, -0.2) is 0 Å². The molecule has 0 bridgehead atoms. The molecule has 0 saturated heterocycles. The first kappa shape index (κ1) is 12.5. The Kier molecular flexibility index (Phi) is 4.61. The van der Waals surface area contributed by atoms with Gasteiger partial charge in [0, 0.05) is 6.54 Å². The van der Waals surface area contributed by atoms with E-state index < -0.39 is 0 Å². The Morgan fingerprint density at radius 3 is 2.53 bits per heavy atom. The Hall–Kier alpha value is -0.540. The van der Waals surface area contributed by atoms with Gasteiger partial charge in [-0.3, -0.25) is 4.68 Å². The molecule has 0 fully saturated rings. The highest BCUT2D eigenvalue weighted by molar-refractivity contribution is 6.31. The molecule has 0 aliphatic heterocycles. The Labute approximate surface area is 96.8 Å². The molecular weight excluding hydrogens is 210 g/mol. The van der Waals surface area contributed by atoms with Gasteiger partial charge in [0.25, 0.3) is 0 Å². The van der Waals surface area contributed by atoms with Crippen LogP contribution in [0.1, 0.15) is 32.5 Å². The van der Waals surface area contributed by atoms with Gasteiger partial charge in [0.2, 0.25) is 0 Å². The van der Waals surface area contributed by atoms with Gasteiger partial charge in [0.1, 0.15) is 0 Å². The van der Waals surface area contributed by atoms with Gasteiger partial charge in [-0.15, -0.1) is 0 Å². The van der Waals surface area contributed by atoms with Crippen LogP contribution in [0.5, 0.6) is 0 Å². The van der Waals surface area contributed by atoms with Crippen molar-refractivity contribution in [2.24, 2.45) is 5.92 Å². The van der Waals surface area contributed by atoms with E-state index in [2.05, 4.69) is 31.2 Å². The van der Waals surface area contributed by atoms with Crippen molar-refractivity contribution in [3.05, 3.63) is 16.9 Å². The van der Waals surface area contributed by atoms with E-state index >= 15 is 0 Å². The van der Waals surface area contributed by atoms with Gasteiger partial charge in [0.05, 0.1) is 23.0 Å². The van der Waals surface area contributed by atoms with Crippen molar-refractivity contribution < 1.29 is 0 Å². The largest absolute Gasteiger partial charge is 0.314 e. The van der Waals surface area contributed by atoms with Gasteiger partial charge >= 0.3 is 0 Å². The van der Waals surface area contributed by atoms with Gasteiger partial charge in [0.15, 0.2) is 0 Å². The molecule has 0 aliphatic carbocycles. The Bertz CT molecular complexity index is 307. The zero-order valence-electron chi connectivity index (χ0n) is 9.92. The van der Waals surface area contributed by atoms with E-state index in [0.717, 1.165) is 23.8 Å². The number of halogens is 1. The minimum absolute atomic E-state index is 0.344. The third-order valence-corrected chi connectivity index (χ3v) is 2.77. The van der Waals surface area contributed by atoms with E-state index in [1.54, 1.807) is 6.20 Å². The molecule has 0 radical (unpaired) electrons. The average Bonchev–Trinajstić information content (AvgIpc) is 2.47. The number of nitrogens with zero attached hydrogens (tertiary/aromatic N) is 2. The van der Waals surface area contributed by atoms with Crippen LogP contribution in [0.15, 0.2) is 6.20 Å². The lowest BCUT2D eigenvalue weighted by Crippen LogP contribution is -2.27. The van der Waals surface area contributed by atoms with Crippen LogP contribution in [0.3, 0.4) is 0 Å². The molecule has 0 amide bonds. The summed E-state index contributed by atoms with van der Waals surface area (Å²) in [6.45, 7) is 10.5. The number of rotatable bonds is 5. The summed E-state index contributed by atoms with van der Waals surface area (Å²) < 4.78 is 1.97. The van der Waals surface area contributed by atoms with Gasteiger partial charge in [-0.05, 0) is 26.3 Å². The average molecular weight is 230 g/mol. The first-order chi connectivity index (χ1) is 7.02. The lowest BCUT2D eigenvalue weighted by atomic mass is 10.2. The maximum absolute atomic E-state index is 5.95. The molecule has 1 N–H and O–H groups in total. The number of nitrogens with one attached hydrogen (secondary N) is 1. The second kappa shape index (κ2) is 5.52. The van der Waals surface area contributed by atoms with Crippen LogP contribution in [0.4, 0.5) is 0 Å². The van der Waals surface area contributed by atoms with Crippen LogP contribution >= 0.6 is 11.6 Å². The predicted octanol–water partition coefficient (Wildman–Crippen LogP) is 2.65. The minimum Gasteiger partial charge on any atom is -0.314 e. The maximum Gasteiger partial charge on any atom is 0.0815 e. The van der Waals surface area contributed by atoms with Crippen molar-refractivity contribution in [2.75, 3.05) is 13.1 Å². The van der Waals surface area contributed by atoms with Crippen molar-refractivity contribution in [3.63, 3.8) is 0 Å². The monoisotopic (exact) mass is 229 g/mol. The highest BCUT2D eigenvalue weighted by Gasteiger charge is 2.10. The lowest BCUT2D eigenvalue weighted by Gasteiger charge is -2.16. The molecular formula is C11H20ClN3. The smallest absolute Gasteiger partial charge is 0.0815 e. The van der Waals surface area contributed by atoms with Crippen molar-refractivity contribution in [3.8, 4) is 0 Å². The lowest BCUT2D eigenvalue weighted by molar-refractivity contribution is 0.428.